The van der Waals surface area contributed by atoms with Gasteiger partial charge in [-0.15, -0.1) is 0 Å². The van der Waals surface area contributed by atoms with Crippen molar-refractivity contribution in [3.63, 3.8) is 0 Å². The molecule has 0 aliphatic heterocycles. The molecule has 0 aliphatic carbocycles. The van der Waals surface area contributed by atoms with Gasteiger partial charge in [-0.2, -0.15) is 0 Å². The van der Waals surface area contributed by atoms with Crippen LogP contribution in [0.15, 0.2) is 36.4 Å². The maximum Gasteiger partial charge on any atom is 0.251 e. The number of hydrogen-bond donors (Lipinski definition) is 2. The van der Waals surface area contributed by atoms with Crippen LogP contribution in [0.5, 0.6) is 11.5 Å². The monoisotopic (exact) mass is 440 g/mol. The first kappa shape index (κ1) is 23.0. The topological polar surface area (TPSA) is 93.7 Å². The van der Waals surface area contributed by atoms with Gasteiger partial charge >= 0.3 is 0 Å². The van der Waals surface area contributed by atoms with E-state index in [1.54, 1.807) is 30.3 Å². The molecule has 9 heteroatoms. The van der Waals surface area contributed by atoms with Gasteiger partial charge in [0.2, 0.25) is 10.0 Å². The zero-order valence-corrected chi connectivity index (χ0v) is 18.2. The lowest BCUT2D eigenvalue weighted by atomic mass is 10.1. The van der Waals surface area contributed by atoms with E-state index in [2.05, 4.69) is 10.0 Å². The van der Waals surface area contributed by atoms with Crippen molar-refractivity contribution in [1.82, 2.24) is 10.0 Å². The third-order valence-corrected chi connectivity index (χ3v) is 5.75. The molecule has 0 unspecified atom stereocenters. The number of halogens is 1. The second-order valence-electron chi connectivity index (χ2n) is 6.25. The average Bonchev–Trinajstić information content (AvgIpc) is 2.71. The van der Waals surface area contributed by atoms with Gasteiger partial charge in [0.25, 0.3) is 5.91 Å². The molecule has 2 N–H and O–H groups in total. The normalized spacial score (nSPS) is 11.2. The number of methoxy groups -OCH3 is 1. The number of hydrogen-bond acceptors (Lipinski definition) is 5. The average molecular weight is 441 g/mol. The van der Waals surface area contributed by atoms with E-state index in [4.69, 9.17) is 21.1 Å². The summed E-state index contributed by atoms with van der Waals surface area (Å²) in [5, 5.41) is 3.07. The van der Waals surface area contributed by atoms with E-state index in [-0.39, 0.29) is 23.2 Å². The highest BCUT2D eigenvalue weighted by atomic mass is 35.5. The summed E-state index contributed by atoms with van der Waals surface area (Å²) in [6.07, 6.45) is 0.810. The van der Waals surface area contributed by atoms with E-state index >= 15 is 0 Å². The minimum Gasteiger partial charge on any atom is -0.493 e. The predicted octanol–water partition coefficient (Wildman–Crippen LogP) is 3.12. The highest BCUT2D eigenvalue weighted by Crippen LogP contribution is 2.36. The molecule has 0 bridgehead atoms. The highest BCUT2D eigenvalue weighted by molar-refractivity contribution is 7.88. The second kappa shape index (κ2) is 10.5. The van der Waals surface area contributed by atoms with E-state index in [1.807, 2.05) is 6.92 Å². The van der Waals surface area contributed by atoms with Gasteiger partial charge in [-0.1, -0.05) is 42.8 Å². The molecule has 0 spiro atoms. The Kier molecular flexibility index (Phi) is 8.31. The minimum atomic E-state index is -3.42. The van der Waals surface area contributed by atoms with Crippen LogP contribution in [-0.4, -0.2) is 35.1 Å². The summed E-state index contributed by atoms with van der Waals surface area (Å²) in [6, 6.07) is 10.1. The number of amides is 1. The van der Waals surface area contributed by atoms with E-state index in [0.29, 0.717) is 34.8 Å². The molecule has 0 radical (unpaired) electrons. The molecular weight excluding hydrogens is 416 g/mol. The van der Waals surface area contributed by atoms with Crippen LogP contribution in [0.2, 0.25) is 5.02 Å². The Hall–Kier alpha value is -2.29. The van der Waals surface area contributed by atoms with Gasteiger partial charge in [-0.05, 0) is 36.7 Å². The van der Waals surface area contributed by atoms with Crippen molar-refractivity contribution in [3.8, 4) is 11.5 Å². The summed E-state index contributed by atoms with van der Waals surface area (Å²) >= 11 is 6.27. The molecule has 158 valence electrons. The van der Waals surface area contributed by atoms with E-state index < -0.39 is 10.0 Å². The van der Waals surface area contributed by atoms with Crippen molar-refractivity contribution in [2.45, 2.75) is 25.6 Å². The lowest BCUT2D eigenvalue weighted by Crippen LogP contribution is -2.25. The van der Waals surface area contributed by atoms with E-state index in [1.165, 1.54) is 20.2 Å². The van der Waals surface area contributed by atoms with E-state index in [9.17, 15) is 13.2 Å². The molecule has 7 nitrogen and oxygen atoms in total. The van der Waals surface area contributed by atoms with Crippen LogP contribution < -0.4 is 19.5 Å². The van der Waals surface area contributed by atoms with Gasteiger partial charge in [-0.3, -0.25) is 4.79 Å². The van der Waals surface area contributed by atoms with Crippen LogP contribution in [0, 0.1) is 0 Å². The molecule has 29 heavy (non-hydrogen) atoms. The van der Waals surface area contributed by atoms with Crippen molar-refractivity contribution in [3.05, 3.63) is 58.1 Å². The molecule has 0 aromatic heterocycles. The van der Waals surface area contributed by atoms with Crippen LogP contribution in [0.1, 0.15) is 34.8 Å². The molecule has 1 amide bonds. The summed E-state index contributed by atoms with van der Waals surface area (Å²) < 4.78 is 36.9. The van der Waals surface area contributed by atoms with Crippen LogP contribution in [0.4, 0.5) is 0 Å². The number of benzene rings is 2. The summed E-state index contributed by atoms with van der Waals surface area (Å²) in [4.78, 5) is 12.6. The van der Waals surface area contributed by atoms with Crippen molar-refractivity contribution in [2.75, 3.05) is 20.8 Å². The molecule has 0 atom stereocenters. The highest BCUT2D eigenvalue weighted by Gasteiger charge is 2.17. The standard InChI is InChI=1S/C20H25ClN2O5S/c1-4-9-28-19-17(21)10-16(11-18(19)27-3)20(24)23-12-14-7-5-6-8-15(14)13-29(25,26)22-2/h5-8,10-11,22H,4,9,12-13H2,1-3H3,(H,23,24). The first-order valence-electron chi connectivity index (χ1n) is 9.07. The summed E-state index contributed by atoms with van der Waals surface area (Å²) in [5.41, 5.74) is 1.64. The van der Waals surface area contributed by atoms with Gasteiger partial charge in [0.05, 0.1) is 24.5 Å². The molecule has 0 fully saturated rings. The Morgan fingerprint density at radius 1 is 1.17 bits per heavy atom. The molecule has 0 heterocycles. The SMILES string of the molecule is CCCOc1c(Cl)cc(C(=O)NCc2ccccc2CS(=O)(=O)NC)cc1OC. The van der Waals surface area contributed by atoms with Gasteiger partial charge in [0, 0.05) is 12.1 Å². The quantitative estimate of drug-likeness (QED) is 0.592. The van der Waals surface area contributed by atoms with Crippen LogP contribution in [0.25, 0.3) is 0 Å². The van der Waals surface area contributed by atoms with Crippen LogP contribution >= 0.6 is 11.6 Å². The first-order chi connectivity index (χ1) is 13.8. The zero-order chi connectivity index (χ0) is 21.4. The summed E-state index contributed by atoms with van der Waals surface area (Å²) in [5.74, 6) is 0.240. The third kappa shape index (κ3) is 6.35. The maximum absolute atomic E-state index is 12.6. The molecule has 2 aromatic carbocycles. The lowest BCUT2D eigenvalue weighted by Gasteiger charge is -2.14. The fraction of sp³-hybridized carbons (Fsp3) is 0.350. The molecular formula is C20H25ClN2O5S. The second-order valence-corrected chi connectivity index (χ2v) is 8.59. The van der Waals surface area contributed by atoms with Gasteiger partial charge in [0.1, 0.15) is 0 Å². The smallest absolute Gasteiger partial charge is 0.251 e. The number of carbonyl (C=O) groups is 1. The number of rotatable bonds is 10. The van der Waals surface area contributed by atoms with Crippen molar-refractivity contribution in [2.24, 2.45) is 0 Å². The van der Waals surface area contributed by atoms with Gasteiger partial charge in [-0.25, -0.2) is 13.1 Å². The van der Waals surface area contributed by atoms with E-state index in [0.717, 1.165) is 6.42 Å². The Morgan fingerprint density at radius 3 is 2.48 bits per heavy atom. The Morgan fingerprint density at radius 2 is 1.86 bits per heavy atom. The van der Waals surface area contributed by atoms with Gasteiger partial charge in [0.15, 0.2) is 11.5 Å². The minimum absolute atomic E-state index is 0.168. The molecule has 2 aromatic rings. The lowest BCUT2D eigenvalue weighted by molar-refractivity contribution is 0.0950. The fourth-order valence-electron chi connectivity index (χ4n) is 2.62. The largest absolute Gasteiger partial charge is 0.493 e. The molecule has 0 saturated heterocycles. The Labute approximate surface area is 176 Å². The first-order valence-corrected chi connectivity index (χ1v) is 11.1. The fourth-order valence-corrected chi connectivity index (χ4v) is 3.72. The number of nitrogens with one attached hydrogen (secondary N) is 2. The van der Waals surface area contributed by atoms with Crippen LogP contribution in [0.3, 0.4) is 0 Å². The van der Waals surface area contributed by atoms with Crippen molar-refractivity contribution in [1.29, 1.82) is 0 Å². The molecule has 2 rings (SSSR count). The maximum atomic E-state index is 12.6. The van der Waals surface area contributed by atoms with Gasteiger partial charge < -0.3 is 14.8 Å². The van der Waals surface area contributed by atoms with Crippen molar-refractivity contribution >= 4 is 27.5 Å². The number of ether oxygens (including phenoxy) is 2. The molecule has 0 saturated carbocycles. The predicted molar refractivity (Wildman–Crippen MR) is 113 cm³/mol. The number of sulfonamides is 1. The molecule has 0 aliphatic rings. The summed E-state index contributed by atoms with van der Waals surface area (Å²) in [6.45, 7) is 2.62. The van der Waals surface area contributed by atoms with Crippen molar-refractivity contribution < 1.29 is 22.7 Å². The van der Waals surface area contributed by atoms with Crippen LogP contribution in [-0.2, 0) is 22.3 Å². The third-order valence-electron chi connectivity index (χ3n) is 4.16. The summed E-state index contributed by atoms with van der Waals surface area (Å²) in [7, 11) is -0.581. The Balaban J connectivity index is 2.17. The Bertz CT molecular complexity index is 963. The zero-order valence-electron chi connectivity index (χ0n) is 16.6. The number of carbonyl (C=O) groups excluding carboxylic acids is 1.